The van der Waals surface area contributed by atoms with Gasteiger partial charge >= 0.3 is 7.82 Å². The van der Waals surface area contributed by atoms with Crippen LogP contribution in [0.4, 0.5) is 0 Å². The fraction of sp³-hybridized carbons (Fsp3) is 0.842. The van der Waals surface area contributed by atoms with E-state index in [1.807, 2.05) is 27.2 Å². The summed E-state index contributed by atoms with van der Waals surface area (Å²) in [7, 11) is 1.58. The van der Waals surface area contributed by atoms with Gasteiger partial charge in [-0.1, -0.05) is 242 Å². The molecule has 0 aromatic carbocycles. The smallest absolute Gasteiger partial charge is 0.387 e. The zero-order valence-corrected chi connectivity index (χ0v) is 45.1. The maximum absolute atomic E-state index is 12.9. The van der Waals surface area contributed by atoms with E-state index in [1.165, 1.54) is 186 Å². The lowest BCUT2D eigenvalue weighted by atomic mass is 10.0. The molecule has 9 heteroatoms. The molecule has 0 heterocycles. The van der Waals surface area contributed by atoms with Gasteiger partial charge in [-0.3, -0.25) is 13.8 Å². The average Bonchev–Trinajstić information content (AvgIpc) is 3.28. The first-order chi connectivity index (χ1) is 32.0. The molecule has 0 aromatic rings. The number of carbonyl (C=O) groups is 1. The Balaban J connectivity index is 3.99. The largest absolute Gasteiger partial charge is 0.472 e. The van der Waals surface area contributed by atoms with E-state index >= 15 is 0 Å². The van der Waals surface area contributed by atoms with Crippen LogP contribution >= 0.6 is 7.82 Å². The van der Waals surface area contributed by atoms with Crippen molar-refractivity contribution in [3.05, 3.63) is 48.6 Å². The molecule has 3 N–H and O–H groups in total. The molecule has 66 heavy (non-hydrogen) atoms. The highest BCUT2D eigenvalue weighted by molar-refractivity contribution is 7.47. The molecule has 0 fully saturated rings. The van der Waals surface area contributed by atoms with Crippen molar-refractivity contribution in [3.63, 3.8) is 0 Å². The van der Waals surface area contributed by atoms with Crippen molar-refractivity contribution in [2.75, 3.05) is 40.9 Å². The third-order valence-corrected chi connectivity index (χ3v) is 13.5. The van der Waals surface area contributed by atoms with E-state index in [-0.39, 0.29) is 19.1 Å². The molecule has 388 valence electrons. The zero-order valence-electron chi connectivity index (χ0n) is 44.2. The Bertz CT molecular complexity index is 1210. The van der Waals surface area contributed by atoms with Gasteiger partial charge in [-0.25, -0.2) is 4.57 Å². The van der Waals surface area contributed by atoms with Gasteiger partial charge in [-0.15, -0.1) is 0 Å². The molecule has 0 aliphatic heterocycles. The van der Waals surface area contributed by atoms with E-state index in [1.54, 1.807) is 6.08 Å². The molecule has 1 amide bonds. The van der Waals surface area contributed by atoms with Crippen LogP contribution < -0.4 is 5.32 Å². The number of unbranched alkanes of at least 4 members (excludes halogenated alkanes) is 32. The highest BCUT2D eigenvalue weighted by Crippen LogP contribution is 2.43. The number of phosphoric acid groups is 1. The van der Waals surface area contributed by atoms with Gasteiger partial charge in [0.15, 0.2) is 0 Å². The summed E-state index contributed by atoms with van der Waals surface area (Å²) in [4.78, 5) is 23.2. The Kier molecular flexibility index (Phi) is 47.4. The average molecular weight is 950 g/mol. The van der Waals surface area contributed by atoms with Crippen molar-refractivity contribution < 1.29 is 32.9 Å². The number of amides is 1. The monoisotopic (exact) mass is 950 g/mol. The summed E-state index contributed by atoms with van der Waals surface area (Å²) in [6.07, 6.45) is 63.6. The van der Waals surface area contributed by atoms with E-state index in [2.05, 4.69) is 55.6 Å². The number of nitrogens with one attached hydrogen (secondary N) is 1. The van der Waals surface area contributed by atoms with Crippen molar-refractivity contribution >= 4 is 13.7 Å². The van der Waals surface area contributed by atoms with Crippen molar-refractivity contribution in [1.82, 2.24) is 5.32 Å². The maximum atomic E-state index is 12.9. The minimum Gasteiger partial charge on any atom is -0.387 e. The number of allylic oxidation sites excluding steroid dienone is 7. The third kappa shape index (κ3) is 50.3. The lowest BCUT2D eigenvalue weighted by Gasteiger charge is -2.25. The minimum atomic E-state index is -4.34. The Labute approximate surface area is 409 Å². The summed E-state index contributed by atoms with van der Waals surface area (Å²) in [5.74, 6) is -0.177. The standard InChI is InChI=1S/C57H109N2O6P/c1-6-8-10-12-14-16-18-19-20-21-22-23-24-25-26-27-28-29-30-31-32-33-34-35-36-37-38-39-41-43-45-47-49-51-57(61)58-55(54-65-66(62,63)64-53-52-59(3,4)5)56(60)50-48-46-44-42-40-17-15-13-11-9-7-2/h18-19,21-22,24-25,48,50,55-56,60H,6-17,20,23,26-47,49,51-54H2,1-5H3,(H-,58,61,62,63)/p+1/b19-18-,22-21-,25-24-,50-48+. The first-order valence-corrected chi connectivity index (χ1v) is 29.5. The van der Waals surface area contributed by atoms with Gasteiger partial charge in [0.25, 0.3) is 0 Å². The summed E-state index contributed by atoms with van der Waals surface area (Å²) >= 11 is 0. The van der Waals surface area contributed by atoms with E-state index in [4.69, 9.17) is 9.05 Å². The molecule has 3 unspecified atom stereocenters. The molecule has 0 aliphatic rings. The number of quaternary nitrogens is 1. The fourth-order valence-corrected chi connectivity index (χ4v) is 8.84. The first-order valence-electron chi connectivity index (χ1n) is 28.0. The van der Waals surface area contributed by atoms with Gasteiger partial charge in [0.2, 0.25) is 5.91 Å². The van der Waals surface area contributed by atoms with Crippen LogP contribution in [0.5, 0.6) is 0 Å². The van der Waals surface area contributed by atoms with Crippen LogP contribution in [0.1, 0.15) is 258 Å². The number of rotatable bonds is 51. The normalized spacial score (nSPS) is 14.3. The molecule has 0 radical (unpaired) electrons. The lowest BCUT2D eigenvalue weighted by molar-refractivity contribution is -0.870. The summed E-state index contributed by atoms with van der Waals surface area (Å²) in [5, 5.41) is 13.8. The number of aliphatic hydroxyl groups is 1. The molecule has 0 rings (SSSR count). The number of nitrogens with zero attached hydrogens (tertiary/aromatic N) is 1. The van der Waals surface area contributed by atoms with Gasteiger partial charge < -0.3 is 19.8 Å². The number of carbonyl (C=O) groups excluding carboxylic acids is 1. The van der Waals surface area contributed by atoms with E-state index in [9.17, 15) is 19.4 Å². The summed E-state index contributed by atoms with van der Waals surface area (Å²) in [6.45, 7) is 4.80. The summed E-state index contributed by atoms with van der Waals surface area (Å²) in [6, 6.07) is -0.844. The minimum absolute atomic E-state index is 0.0618. The molecule has 0 saturated heterocycles. The number of aliphatic hydroxyl groups excluding tert-OH is 1. The molecule has 0 bridgehead atoms. The Hall–Kier alpha value is -1.54. The van der Waals surface area contributed by atoms with Crippen LogP contribution in [0.25, 0.3) is 0 Å². The predicted molar refractivity (Wildman–Crippen MR) is 286 cm³/mol. The van der Waals surface area contributed by atoms with Gasteiger partial charge in [0, 0.05) is 6.42 Å². The highest BCUT2D eigenvalue weighted by Gasteiger charge is 2.27. The van der Waals surface area contributed by atoms with Crippen LogP contribution in [-0.2, 0) is 18.4 Å². The number of likely N-dealkylation sites (N-methyl/N-ethyl adjacent to an activating group) is 1. The van der Waals surface area contributed by atoms with Crippen molar-refractivity contribution in [2.45, 2.75) is 270 Å². The van der Waals surface area contributed by atoms with Crippen LogP contribution in [0.2, 0.25) is 0 Å². The number of hydrogen-bond donors (Lipinski definition) is 3. The molecule has 8 nitrogen and oxygen atoms in total. The molecule has 3 atom stereocenters. The molecule has 0 aromatic heterocycles. The summed E-state index contributed by atoms with van der Waals surface area (Å²) < 4.78 is 23.6. The second-order valence-electron chi connectivity index (χ2n) is 20.3. The van der Waals surface area contributed by atoms with Crippen LogP contribution in [-0.4, -0.2) is 73.4 Å². The summed E-state index contributed by atoms with van der Waals surface area (Å²) in [5.41, 5.74) is 0. The topological polar surface area (TPSA) is 105 Å². The van der Waals surface area contributed by atoms with E-state index < -0.39 is 20.0 Å². The predicted octanol–water partition coefficient (Wildman–Crippen LogP) is 16.8. The van der Waals surface area contributed by atoms with Crippen LogP contribution in [0, 0.1) is 0 Å². The van der Waals surface area contributed by atoms with Gasteiger partial charge in [-0.05, 0) is 57.8 Å². The molecule has 0 saturated carbocycles. The van der Waals surface area contributed by atoms with Crippen molar-refractivity contribution in [3.8, 4) is 0 Å². The molecule has 0 aliphatic carbocycles. The van der Waals surface area contributed by atoms with Gasteiger partial charge in [0.1, 0.15) is 13.2 Å². The number of phosphoric ester groups is 1. The lowest BCUT2D eigenvalue weighted by Crippen LogP contribution is -2.45. The molecular formula is C57H110N2O6P+. The Morgan fingerprint density at radius 3 is 1.26 bits per heavy atom. The van der Waals surface area contributed by atoms with E-state index in [0.29, 0.717) is 17.4 Å². The SMILES string of the molecule is CCCCCCC/C=C\C/C=C\C/C=C\CCCCCCCCCCCCCCCCCCCCC(=O)NC(COP(=O)(O)OCC[N+](C)(C)C)C(O)/C=C/CCCCCCCCCCC. The van der Waals surface area contributed by atoms with Crippen molar-refractivity contribution in [2.24, 2.45) is 0 Å². The Morgan fingerprint density at radius 2 is 0.864 bits per heavy atom. The fourth-order valence-electron chi connectivity index (χ4n) is 8.11. The second kappa shape index (κ2) is 48.5. The first kappa shape index (κ1) is 64.5. The maximum Gasteiger partial charge on any atom is 0.472 e. The van der Waals surface area contributed by atoms with Crippen LogP contribution in [0.3, 0.4) is 0 Å². The molecule has 0 spiro atoms. The third-order valence-electron chi connectivity index (χ3n) is 12.5. The van der Waals surface area contributed by atoms with E-state index in [0.717, 1.165) is 51.4 Å². The van der Waals surface area contributed by atoms with Gasteiger partial charge in [0.05, 0.1) is 39.9 Å². The Morgan fingerprint density at radius 1 is 0.515 bits per heavy atom. The van der Waals surface area contributed by atoms with Crippen molar-refractivity contribution in [1.29, 1.82) is 0 Å². The highest BCUT2D eigenvalue weighted by atomic mass is 31.2. The number of hydrogen-bond acceptors (Lipinski definition) is 5. The van der Waals surface area contributed by atoms with Crippen LogP contribution in [0.15, 0.2) is 48.6 Å². The quantitative estimate of drug-likeness (QED) is 0.0243. The van der Waals surface area contributed by atoms with Gasteiger partial charge in [-0.2, -0.15) is 0 Å². The molecular weight excluding hydrogens is 840 g/mol. The second-order valence-corrected chi connectivity index (χ2v) is 21.8. The zero-order chi connectivity index (χ0) is 48.5.